The molecule has 0 saturated carbocycles. The molecule has 68 valence electrons. The highest BCUT2D eigenvalue weighted by atomic mass is 16.4. The average molecular weight is 179 g/mol. The lowest BCUT2D eigenvalue weighted by molar-refractivity contribution is -0.136. The smallest absolute Gasteiger partial charge is 0.309 e. The van der Waals surface area contributed by atoms with Crippen molar-refractivity contribution in [2.45, 2.75) is 13.3 Å². The molecule has 0 bridgehead atoms. The van der Waals surface area contributed by atoms with Gasteiger partial charge < -0.3 is 5.11 Å². The Morgan fingerprint density at radius 1 is 1.77 bits per heavy atom. The second-order valence-electron chi connectivity index (χ2n) is 2.71. The fraction of sp³-hybridized carbons (Fsp3) is 0.375. The third-order valence-corrected chi connectivity index (χ3v) is 1.77. The van der Waals surface area contributed by atoms with Gasteiger partial charge >= 0.3 is 5.97 Å². The minimum atomic E-state index is -0.959. The molecule has 0 aliphatic heterocycles. The van der Waals surface area contributed by atoms with Crippen LogP contribution in [0, 0.1) is 18.3 Å². The highest BCUT2D eigenvalue weighted by Gasteiger charge is 2.14. The average Bonchev–Trinajstić information content (AvgIpc) is 2.26. The molecule has 0 atom stereocenters. The van der Waals surface area contributed by atoms with Crippen LogP contribution in [0.3, 0.4) is 0 Å². The highest BCUT2D eigenvalue weighted by molar-refractivity contribution is 5.70. The zero-order valence-corrected chi connectivity index (χ0v) is 7.40. The maximum Gasteiger partial charge on any atom is 0.309 e. The van der Waals surface area contributed by atoms with Crippen LogP contribution in [0.4, 0.5) is 0 Å². The first-order valence-corrected chi connectivity index (χ1v) is 3.70. The Bertz CT molecular complexity index is 387. The quantitative estimate of drug-likeness (QED) is 0.704. The molecule has 0 aliphatic rings. The number of carbonyl (C=O) groups is 1. The molecule has 0 aromatic carbocycles. The van der Waals surface area contributed by atoms with Gasteiger partial charge in [-0.05, 0) is 6.92 Å². The third-order valence-electron chi connectivity index (χ3n) is 1.77. The summed E-state index contributed by atoms with van der Waals surface area (Å²) in [6.07, 6.45) is -0.166. The Balaban J connectivity index is 3.19. The van der Waals surface area contributed by atoms with Gasteiger partial charge in [0, 0.05) is 7.05 Å². The Hall–Kier alpha value is -1.83. The topological polar surface area (TPSA) is 78.9 Å². The fourth-order valence-electron chi connectivity index (χ4n) is 1.20. The lowest BCUT2D eigenvalue weighted by atomic mass is 10.1. The second kappa shape index (κ2) is 3.27. The number of aliphatic carboxylic acids is 1. The fourth-order valence-corrected chi connectivity index (χ4v) is 1.20. The van der Waals surface area contributed by atoms with Crippen molar-refractivity contribution >= 4 is 5.97 Å². The molecular formula is C8H9N3O2. The standard InChI is InChI=1S/C8H9N3O2/c1-5-6(4-9)7(3-8(12)13)11(2)10-5/h3H2,1-2H3,(H,12,13). The van der Waals surface area contributed by atoms with Gasteiger partial charge in [-0.2, -0.15) is 10.4 Å². The van der Waals surface area contributed by atoms with E-state index in [4.69, 9.17) is 10.4 Å². The van der Waals surface area contributed by atoms with E-state index in [2.05, 4.69) is 5.10 Å². The minimum Gasteiger partial charge on any atom is -0.481 e. The number of hydrogen-bond donors (Lipinski definition) is 1. The van der Waals surface area contributed by atoms with Gasteiger partial charge in [-0.1, -0.05) is 0 Å². The summed E-state index contributed by atoms with van der Waals surface area (Å²) >= 11 is 0. The number of aryl methyl sites for hydroxylation is 2. The second-order valence-corrected chi connectivity index (χ2v) is 2.71. The predicted molar refractivity (Wildman–Crippen MR) is 44.0 cm³/mol. The van der Waals surface area contributed by atoms with E-state index in [1.807, 2.05) is 6.07 Å². The molecule has 5 heteroatoms. The monoisotopic (exact) mass is 179 g/mol. The van der Waals surface area contributed by atoms with Crippen molar-refractivity contribution in [1.82, 2.24) is 9.78 Å². The van der Waals surface area contributed by atoms with Crippen LogP contribution in [0.1, 0.15) is 17.0 Å². The number of rotatable bonds is 2. The van der Waals surface area contributed by atoms with Crippen molar-refractivity contribution in [2.24, 2.45) is 7.05 Å². The van der Waals surface area contributed by atoms with E-state index in [1.165, 1.54) is 4.68 Å². The summed E-state index contributed by atoms with van der Waals surface area (Å²) in [5, 5.41) is 21.3. The molecule has 0 saturated heterocycles. The maximum atomic E-state index is 10.4. The van der Waals surface area contributed by atoms with Gasteiger partial charge in [-0.25, -0.2) is 0 Å². The van der Waals surface area contributed by atoms with Crippen molar-refractivity contribution in [2.75, 3.05) is 0 Å². The number of nitrogens with zero attached hydrogens (tertiary/aromatic N) is 3. The van der Waals surface area contributed by atoms with E-state index in [9.17, 15) is 4.79 Å². The van der Waals surface area contributed by atoms with Crippen LogP contribution in [-0.2, 0) is 18.3 Å². The van der Waals surface area contributed by atoms with E-state index < -0.39 is 5.97 Å². The molecular weight excluding hydrogens is 170 g/mol. The van der Waals surface area contributed by atoms with E-state index in [0.717, 1.165) is 0 Å². The summed E-state index contributed by atoms with van der Waals surface area (Å²) in [7, 11) is 1.63. The van der Waals surface area contributed by atoms with E-state index in [-0.39, 0.29) is 6.42 Å². The van der Waals surface area contributed by atoms with E-state index >= 15 is 0 Å². The van der Waals surface area contributed by atoms with Crippen LogP contribution in [0.2, 0.25) is 0 Å². The van der Waals surface area contributed by atoms with Crippen LogP contribution in [0.5, 0.6) is 0 Å². The van der Waals surface area contributed by atoms with Crippen molar-refractivity contribution in [3.8, 4) is 6.07 Å². The molecule has 1 N–H and O–H groups in total. The SMILES string of the molecule is Cc1nn(C)c(CC(=O)O)c1C#N. The molecule has 0 amide bonds. The number of aromatic nitrogens is 2. The molecule has 1 aromatic rings. The van der Waals surface area contributed by atoms with Gasteiger partial charge in [0.05, 0.1) is 23.4 Å². The third kappa shape index (κ3) is 1.67. The van der Waals surface area contributed by atoms with Crippen LogP contribution < -0.4 is 0 Å². The van der Waals surface area contributed by atoms with Crippen molar-refractivity contribution in [3.05, 3.63) is 17.0 Å². The number of carboxylic acid groups (broad SMARTS) is 1. The van der Waals surface area contributed by atoms with Crippen LogP contribution >= 0.6 is 0 Å². The van der Waals surface area contributed by atoms with Gasteiger partial charge in [0.15, 0.2) is 0 Å². The molecule has 1 rings (SSSR count). The first kappa shape index (κ1) is 9.26. The molecule has 1 aromatic heterocycles. The molecule has 0 spiro atoms. The normalized spacial score (nSPS) is 9.62. The molecule has 5 nitrogen and oxygen atoms in total. The summed E-state index contributed by atoms with van der Waals surface area (Å²) in [5.41, 5.74) is 1.39. The van der Waals surface area contributed by atoms with Gasteiger partial charge in [0.25, 0.3) is 0 Å². The lowest BCUT2D eigenvalue weighted by Crippen LogP contribution is -2.07. The van der Waals surface area contributed by atoms with Gasteiger partial charge in [0.2, 0.25) is 0 Å². The molecule has 0 radical (unpaired) electrons. The highest BCUT2D eigenvalue weighted by Crippen LogP contribution is 2.11. The van der Waals surface area contributed by atoms with Gasteiger partial charge in [0.1, 0.15) is 6.07 Å². The Labute approximate surface area is 75.2 Å². The molecule has 0 unspecified atom stereocenters. The summed E-state index contributed by atoms with van der Waals surface area (Å²) in [5.74, 6) is -0.959. The largest absolute Gasteiger partial charge is 0.481 e. The summed E-state index contributed by atoms with van der Waals surface area (Å²) in [4.78, 5) is 10.4. The summed E-state index contributed by atoms with van der Waals surface area (Å²) in [6.45, 7) is 1.68. The lowest BCUT2D eigenvalue weighted by Gasteiger charge is -1.96. The molecule has 13 heavy (non-hydrogen) atoms. The first-order chi connectivity index (χ1) is 6.06. The zero-order valence-electron chi connectivity index (χ0n) is 7.40. The number of carboxylic acids is 1. The molecule has 0 fully saturated rings. The van der Waals surface area contributed by atoms with Crippen molar-refractivity contribution in [1.29, 1.82) is 5.26 Å². The van der Waals surface area contributed by atoms with E-state index in [1.54, 1.807) is 14.0 Å². The van der Waals surface area contributed by atoms with Crippen LogP contribution in [0.15, 0.2) is 0 Å². The summed E-state index contributed by atoms with van der Waals surface area (Å²) in [6, 6.07) is 1.94. The van der Waals surface area contributed by atoms with Gasteiger partial charge in [-0.15, -0.1) is 0 Å². The Morgan fingerprint density at radius 3 is 2.85 bits per heavy atom. The van der Waals surface area contributed by atoms with Crippen molar-refractivity contribution in [3.63, 3.8) is 0 Å². The Kier molecular flexibility index (Phi) is 2.33. The summed E-state index contributed by atoms with van der Waals surface area (Å²) < 4.78 is 1.43. The molecule has 1 heterocycles. The van der Waals surface area contributed by atoms with Crippen LogP contribution in [0.25, 0.3) is 0 Å². The predicted octanol–water partition coefficient (Wildman–Crippen LogP) is 0.227. The minimum absolute atomic E-state index is 0.166. The van der Waals surface area contributed by atoms with Crippen molar-refractivity contribution < 1.29 is 9.90 Å². The zero-order chi connectivity index (χ0) is 10.0. The van der Waals surface area contributed by atoms with E-state index in [0.29, 0.717) is 17.0 Å². The number of nitriles is 1. The van der Waals surface area contributed by atoms with Gasteiger partial charge in [-0.3, -0.25) is 9.48 Å². The first-order valence-electron chi connectivity index (χ1n) is 3.70. The van der Waals surface area contributed by atoms with Crippen LogP contribution in [-0.4, -0.2) is 20.9 Å². The Morgan fingerprint density at radius 2 is 2.38 bits per heavy atom. The molecule has 0 aliphatic carbocycles. The maximum absolute atomic E-state index is 10.4. The number of hydrogen-bond acceptors (Lipinski definition) is 3.